The Balaban J connectivity index is 1.96. The van der Waals surface area contributed by atoms with E-state index in [1.54, 1.807) is 7.11 Å². The van der Waals surface area contributed by atoms with Gasteiger partial charge in [0.25, 0.3) is 0 Å². The van der Waals surface area contributed by atoms with Crippen molar-refractivity contribution in [1.29, 1.82) is 21.2 Å². The van der Waals surface area contributed by atoms with Crippen molar-refractivity contribution in [3.05, 3.63) is 41.5 Å². The van der Waals surface area contributed by atoms with Crippen LogP contribution in [-0.4, -0.2) is 32.0 Å². The number of fused-ring (bicyclic) bond motifs is 4. The lowest BCUT2D eigenvalue weighted by atomic mass is 9.53. The van der Waals surface area contributed by atoms with Crippen LogP contribution in [0.2, 0.25) is 0 Å². The van der Waals surface area contributed by atoms with Gasteiger partial charge in [-0.1, -0.05) is 12.1 Å². The van der Waals surface area contributed by atoms with Gasteiger partial charge in [-0.2, -0.15) is 15.8 Å². The van der Waals surface area contributed by atoms with E-state index in [4.69, 9.17) is 10.1 Å². The van der Waals surface area contributed by atoms with Gasteiger partial charge in [-0.15, -0.1) is 0 Å². The van der Waals surface area contributed by atoms with Crippen molar-refractivity contribution in [3.8, 4) is 24.0 Å². The molecule has 6 atom stereocenters. The molecule has 0 amide bonds. The number of nitrogens with one attached hydrogen (secondary N) is 2. The maximum absolute atomic E-state index is 10.1. The molecule has 4 rings (SSSR count). The molecule has 2 aliphatic heterocycles. The van der Waals surface area contributed by atoms with Crippen LogP contribution in [-0.2, 0) is 0 Å². The second-order valence-corrected chi connectivity index (χ2v) is 7.99. The van der Waals surface area contributed by atoms with E-state index in [0.29, 0.717) is 11.8 Å². The quantitative estimate of drug-likeness (QED) is 0.768. The molecule has 1 aromatic carbocycles. The van der Waals surface area contributed by atoms with Crippen LogP contribution in [0.5, 0.6) is 5.75 Å². The molecule has 2 N–H and O–H groups in total. The number of nitriles is 3. The molecule has 0 radical (unpaired) electrons. The van der Waals surface area contributed by atoms with Crippen LogP contribution >= 0.6 is 0 Å². The summed E-state index contributed by atoms with van der Waals surface area (Å²) in [4.78, 5) is 1.38. The lowest BCUT2D eigenvalue weighted by Crippen LogP contribution is -3.15. The number of hydrogen-bond acceptors (Lipinski definition) is 5. The Morgan fingerprint density at radius 1 is 1.14 bits per heavy atom. The van der Waals surface area contributed by atoms with Gasteiger partial charge in [0.05, 0.1) is 44.1 Å². The Morgan fingerprint density at radius 2 is 1.82 bits per heavy atom. The molecule has 0 aromatic heterocycles. The van der Waals surface area contributed by atoms with Crippen LogP contribution in [0.1, 0.15) is 24.3 Å². The molecule has 28 heavy (non-hydrogen) atoms. The molecule has 2 heterocycles. The SMILES string of the molecule is COc1ccc([C@H]2[C@@H]3C(=C[C@@H]4CC[C@H]3[NH+]4C)C(C#N)C(=N)C2(C#N)C#N)cc1. The topological polar surface area (TPSA) is 109 Å². The number of benzene rings is 1. The zero-order chi connectivity index (χ0) is 20.1. The first kappa shape index (κ1) is 18.2. The van der Waals surface area contributed by atoms with Crippen molar-refractivity contribution in [2.45, 2.75) is 30.8 Å². The predicted molar refractivity (Wildman–Crippen MR) is 101 cm³/mol. The first-order valence-electron chi connectivity index (χ1n) is 9.52. The standard InChI is InChI=1S/C22H21N5O/c1-27-14-5-8-18(27)19-16(9-14)17(10-23)21(26)22(11-24,12-25)20(19)13-3-6-15(28-2)7-4-13/h3-4,6-7,9,14,17-20,26H,5,8H2,1-2H3/p+1/t14-,17?,18+,19+,20-/m0/s1. The molecule has 2 bridgehead atoms. The third-order valence-corrected chi connectivity index (χ3v) is 7.00. The van der Waals surface area contributed by atoms with Gasteiger partial charge in [-0.25, -0.2) is 0 Å². The predicted octanol–water partition coefficient (Wildman–Crippen LogP) is 1.59. The number of rotatable bonds is 2. The zero-order valence-electron chi connectivity index (χ0n) is 15.9. The number of nitrogens with zero attached hydrogens (tertiary/aromatic N) is 3. The molecule has 6 heteroatoms. The van der Waals surface area contributed by atoms with Gasteiger partial charge < -0.3 is 15.0 Å². The van der Waals surface area contributed by atoms with Crippen LogP contribution in [0.3, 0.4) is 0 Å². The summed E-state index contributed by atoms with van der Waals surface area (Å²) in [6.07, 6.45) is 4.18. The Bertz CT molecular complexity index is 960. The van der Waals surface area contributed by atoms with Gasteiger partial charge in [0.1, 0.15) is 17.7 Å². The molecule has 140 valence electrons. The van der Waals surface area contributed by atoms with E-state index in [0.717, 1.165) is 24.0 Å². The van der Waals surface area contributed by atoms with E-state index >= 15 is 0 Å². The van der Waals surface area contributed by atoms with Gasteiger partial charge in [-0.05, 0) is 29.3 Å². The Kier molecular flexibility index (Phi) is 4.22. The van der Waals surface area contributed by atoms with E-state index in [2.05, 4.69) is 31.3 Å². The fraction of sp³-hybridized carbons (Fsp3) is 0.455. The third-order valence-electron chi connectivity index (χ3n) is 7.00. The van der Waals surface area contributed by atoms with Crippen LogP contribution in [0.4, 0.5) is 0 Å². The zero-order valence-corrected chi connectivity index (χ0v) is 15.9. The summed E-state index contributed by atoms with van der Waals surface area (Å²) >= 11 is 0. The largest absolute Gasteiger partial charge is 0.497 e. The minimum atomic E-state index is -1.65. The molecule has 1 aromatic rings. The molecule has 1 aliphatic carbocycles. The summed E-state index contributed by atoms with van der Waals surface area (Å²) < 4.78 is 5.26. The Labute approximate surface area is 164 Å². The molecule has 3 aliphatic rings. The highest BCUT2D eigenvalue weighted by Crippen LogP contribution is 2.55. The Morgan fingerprint density at radius 3 is 2.39 bits per heavy atom. The van der Waals surface area contributed by atoms with E-state index in [1.165, 1.54) is 4.90 Å². The van der Waals surface area contributed by atoms with Crippen LogP contribution < -0.4 is 9.64 Å². The monoisotopic (exact) mass is 372 g/mol. The summed E-state index contributed by atoms with van der Waals surface area (Å²) in [7, 11) is 3.75. The fourth-order valence-electron chi connectivity index (χ4n) is 5.58. The second-order valence-electron chi connectivity index (χ2n) is 7.99. The molecule has 0 spiro atoms. The molecule has 2 unspecified atom stereocenters. The number of ether oxygens (including phenoxy) is 1. The first-order valence-corrected chi connectivity index (χ1v) is 9.52. The second kappa shape index (κ2) is 6.48. The van der Waals surface area contributed by atoms with E-state index in [-0.39, 0.29) is 17.7 Å². The average molecular weight is 372 g/mol. The van der Waals surface area contributed by atoms with Gasteiger partial charge in [-0.3, -0.25) is 0 Å². The van der Waals surface area contributed by atoms with Crippen molar-refractivity contribution >= 4 is 5.71 Å². The third kappa shape index (κ3) is 2.24. The first-order chi connectivity index (χ1) is 13.5. The van der Waals surface area contributed by atoms with Gasteiger partial charge in [0, 0.05) is 24.7 Å². The molecule has 1 saturated heterocycles. The molecular formula is C22H22N5O+. The number of likely N-dealkylation sites (N-methyl/N-ethyl adjacent to an activating group) is 1. The van der Waals surface area contributed by atoms with Crippen molar-refractivity contribution in [1.82, 2.24) is 0 Å². The highest BCUT2D eigenvalue weighted by Gasteiger charge is 2.62. The van der Waals surface area contributed by atoms with Crippen molar-refractivity contribution in [3.63, 3.8) is 0 Å². The lowest BCUT2D eigenvalue weighted by molar-refractivity contribution is -0.916. The van der Waals surface area contributed by atoms with E-state index < -0.39 is 17.3 Å². The average Bonchev–Trinajstić information content (AvgIpc) is 2.96. The molecule has 6 nitrogen and oxygen atoms in total. The summed E-state index contributed by atoms with van der Waals surface area (Å²) in [5.74, 6) is -0.678. The Hall–Kier alpha value is -3.14. The van der Waals surface area contributed by atoms with Gasteiger partial charge in [0.2, 0.25) is 0 Å². The van der Waals surface area contributed by atoms with Crippen molar-refractivity contribution in [2.75, 3.05) is 14.2 Å². The van der Waals surface area contributed by atoms with E-state index in [9.17, 15) is 15.8 Å². The molecule has 2 fully saturated rings. The lowest BCUT2D eigenvalue weighted by Gasteiger charge is -2.48. The molecular weight excluding hydrogens is 350 g/mol. The highest BCUT2D eigenvalue weighted by atomic mass is 16.5. The smallest absolute Gasteiger partial charge is 0.189 e. The summed E-state index contributed by atoms with van der Waals surface area (Å²) in [6.45, 7) is 0. The highest BCUT2D eigenvalue weighted by molar-refractivity contribution is 6.00. The van der Waals surface area contributed by atoms with Crippen molar-refractivity contribution < 1.29 is 9.64 Å². The van der Waals surface area contributed by atoms with Crippen LogP contribution in [0.25, 0.3) is 0 Å². The fourth-order valence-corrected chi connectivity index (χ4v) is 5.58. The summed E-state index contributed by atoms with van der Waals surface area (Å²) in [5, 5.41) is 38.7. The van der Waals surface area contributed by atoms with Crippen molar-refractivity contribution in [2.24, 2.45) is 17.3 Å². The summed E-state index contributed by atoms with van der Waals surface area (Å²) in [5.41, 5.74) is 0.0566. The maximum atomic E-state index is 10.1. The van der Waals surface area contributed by atoms with E-state index in [1.807, 2.05) is 24.3 Å². The van der Waals surface area contributed by atoms with Crippen LogP contribution in [0, 0.1) is 56.7 Å². The number of quaternary nitrogens is 1. The maximum Gasteiger partial charge on any atom is 0.189 e. The van der Waals surface area contributed by atoms with Crippen LogP contribution in [0.15, 0.2) is 35.9 Å². The number of hydrogen-bond donors (Lipinski definition) is 2. The summed E-state index contributed by atoms with van der Waals surface area (Å²) in [6, 6.07) is 14.6. The molecule has 1 saturated carbocycles. The number of methoxy groups -OCH3 is 1. The normalized spacial score (nSPS) is 35.0. The minimum absolute atomic E-state index is 0.0812. The van der Waals surface area contributed by atoms with Gasteiger partial charge in [0.15, 0.2) is 5.41 Å². The van der Waals surface area contributed by atoms with Gasteiger partial charge >= 0.3 is 0 Å². The minimum Gasteiger partial charge on any atom is -0.497 e.